The number of tetrazole rings is 1. The third-order valence-electron chi connectivity index (χ3n) is 4.56. The quantitative estimate of drug-likeness (QED) is 0.497. The molecule has 30 heavy (non-hydrogen) atoms. The van der Waals surface area contributed by atoms with Crippen molar-refractivity contribution in [3.8, 4) is 5.75 Å². The highest BCUT2D eigenvalue weighted by Crippen LogP contribution is 2.22. The summed E-state index contributed by atoms with van der Waals surface area (Å²) in [6.07, 6.45) is -0.552. The van der Waals surface area contributed by atoms with Gasteiger partial charge in [0.15, 0.2) is 5.82 Å². The number of fused-ring (bicyclic) bond motifs is 1. The van der Waals surface area contributed by atoms with Crippen LogP contribution in [0.25, 0.3) is 0 Å². The maximum Gasteiger partial charge on any atom is 0.261 e. The normalized spacial score (nSPS) is 14.1. The zero-order valence-corrected chi connectivity index (χ0v) is 17.4. The van der Waals surface area contributed by atoms with Gasteiger partial charge < -0.3 is 9.84 Å². The first-order chi connectivity index (χ1) is 14.5. The predicted molar refractivity (Wildman–Crippen MR) is 109 cm³/mol. The summed E-state index contributed by atoms with van der Waals surface area (Å²) in [6, 6.07) is 14.0. The van der Waals surface area contributed by atoms with Crippen LogP contribution in [0.1, 0.15) is 26.5 Å². The molecule has 0 fully saturated rings. The van der Waals surface area contributed by atoms with Gasteiger partial charge in [0.25, 0.3) is 11.8 Å². The first-order valence-corrected chi connectivity index (χ1v) is 10.1. The lowest BCUT2D eigenvalue weighted by molar-refractivity contribution is 0.0655. The van der Waals surface area contributed by atoms with Crippen molar-refractivity contribution in [1.82, 2.24) is 25.1 Å². The van der Waals surface area contributed by atoms with E-state index in [4.69, 9.17) is 4.74 Å². The molecule has 4 rings (SSSR count). The number of aliphatic hydroxyl groups excluding tert-OH is 1. The highest BCUT2D eigenvalue weighted by atomic mass is 79.9. The van der Waals surface area contributed by atoms with E-state index in [2.05, 4.69) is 31.3 Å². The van der Waals surface area contributed by atoms with Gasteiger partial charge in [-0.15, -0.1) is 10.2 Å². The molecule has 1 atom stereocenters. The van der Waals surface area contributed by atoms with Gasteiger partial charge in [-0.1, -0.05) is 28.1 Å². The molecule has 0 bridgehead atoms. The number of aromatic nitrogens is 4. The Kier molecular flexibility index (Phi) is 5.86. The van der Waals surface area contributed by atoms with Crippen molar-refractivity contribution >= 4 is 27.7 Å². The van der Waals surface area contributed by atoms with Gasteiger partial charge in [-0.3, -0.25) is 14.5 Å². The standard InChI is InChI=1S/C20H18BrN5O4/c21-13-5-7-15(8-6-13)30-12-14(27)11-26-23-18(22-24-26)9-10-25-19(28)16-3-1-2-4-17(16)20(25)29/h1-8,14,27H,9-12H2/t14-/m1/s1. The van der Waals surface area contributed by atoms with Gasteiger partial charge in [-0.25, -0.2) is 0 Å². The number of amides is 2. The third kappa shape index (κ3) is 4.39. The smallest absolute Gasteiger partial charge is 0.261 e. The summed E-state index contributed by atoms with van der Waals surface area (Å²) < 4.78 is 6.47. The molecule has 0 saturated heterocycles. The second-order valence-electron chi connectivity index (χ2n) is 6.74. The molecule has 9 nitrogen and oxygen atoms in total. The van der Waals surface area contributed by atoms with E-state index in [1.807, 2.05) is 12.1 Å². The molecule has 2 aromatic carbocycles. The number of ether oxygens (including phenoxy) is 1. The van der Waals surface area contributed by atoms with Gasteiger partial charge in [0.1, 0.15) is 18.5 Å². The molecule has 2 heterocycles. The molecule has 0 unspecified atom stereocenters. The van der Waals surface area contributed by atoms with Crippen molar-refractivity contribution in [2.45, 2.75) is 19.1 Å². The van der Waals surface area contributed by atoms with E-state index in [-0.39, 0.29) is 37.9 Å². The fourth-order valence-corrected chi connectivity index (χ4v) is 3.34. The Bertz CT molecular complexity index is 1030. The summed E-state index contributed by atoms with van der Waals surface area (Å²) in [5.74, 6) is 0.394. The van der Waals surface area contributed by atoms with Gasteiger partial charge in [-0.05, 0) is 41.6 Å². The molecule has 0 spiro atoms. The molecule has 0 saturated carbocycles. The highest BCUT2D eigenvalue weighted by Gasteiger charge is 2.34. The van der Waals surface area contributed by atoms with E-state index in [1.54, 1.807) is 36.4 Å². The summed E-state index contributed by atoms with van der Waals surface area (Å²) in [4.78, 5) is 27.2. The average molecular weight is 472 g/mol. The zero-order chi connectivity index (χ0) is 21.1. The number of imide groups is 1. The molecule has 0 radical (unpaired) electrons. The molecule has 1 N–H and O–H groups in total. The first kappa shape index (κ1) is 20.2. The summed E-state index contributed by atoms with van der Waals surface area (Å²) in [7, 11) is 0. The Morgan fingerprint density at radius 3 is 2.37 bits per heavy atom. The maximum absolute atomic E-state index is 12.4. The van der Waals surface area contributed by atoms with Gasteiger partial charge in [0, 0.05) is 17.4 Å². The van der Waals surface area contributed by atoms with Crippen LogP contribution in [0.15, 0.2) is 53.0 Å². The average Bonchev–Trinajstić information content (AvgIpc) is 3.29. The summed E-state index contributed by atoms with van der Waals surface area (Å²) in [5, 5.41) is 22.2. The number of rotatable bonds is 8. The van der Waals surface area contributed by atoms with Crippen LogP contribution in [-0.4, -0.2) is 61.3 Å². The molecule has 2 amide bonds. The van der Waals surface area contributed by atoms with Crippen LogP contribution in [0.4, 0.5) is 0 Å². The van der Waals surface area contributed by atoms with Gasteiger partial charge >= 0.3 is 0 Å². The number of aliphatic hydroxyl groups is 1. The van der Waals surface area contributed by atoms with E-state index in [0.29, 0.717) is 22.7 Å². The molecular weight excluding hydrogens is 454 g/mol. The van der Waals surface area contributed by atoms with E-state index >= 15 is 0 Å². The second kappa shape index (κ2) is 8.72. The van der Waals surface area contributed by atoms with Gasteiger partial charge in [-0.2, -0.15) is 4.80 Å². The topological polar surface area (TPSA) is 110 Å². The second-order valence-corrected chi connectivity index (χ2v) is 7.65. The molecular formula is C20H18BrN5O4. The number of hydrogen-bond acceptors (Lipinski definition) is 7. The van der Waals surface area contributed by atoms with Crippen molar-refractivity contribution in [1.29, 1.82) is 0 Å². The Balaban J connectivity index is 1.28. The van der Waals surface area contributed by atoms with Crippen LogP contribution in [0, 0.1) is 0 Å². The SMILES string of the molecule is O=C1c2ccccc2C(=O)N1CCc1nnn(C[C@@H](O)COc2ccc(Br)cc2)n1. The fraction of sp³-hybridized carbons (Fsp3) is 0.250. The molecule has 1 aliphatic heterocycles. The Morgan fingerprint density at radius 2 is 1.70 bits per heavy atom. The predicted octanol–water partition coefficient (Wildman–Crippen LogP) is 1.71. The minimum Gasteiger partial charge on any atom is -0.491 e. The zero-order valence-electron chi connectivity index (χ0n) is 15.8. The van der Waals surface area contributed by atoms with E-state index in [1.165, 1.54) is 9.70 Å². The minimum atomic E-state index is -0.827. The van der Waals surface area contributed by atoms with Crippen LogP contribution in [0.5, 0.6) is 5.75 Å². The number of halogens is 1. The van der Waals surface area contributed by atoms with Crippen LogP contribution in [0.2, 0.25) is 0 Å². The lowest BCUT2D eigenvalue weighted by atomic mass is 10.1. The molecule has 0 aliphatic carbocycles. The monoisotopic (exact) mass is 471 g/mol. The minimum absolute atomic E-state index is 0.0769. The van der Waals surface area contributed by atoms with E-state index in [0.717, 1.165) is 4.47 Å². The Labute approximate surface area is 180 Å². The summed E-state index contributed by atoms with van der Waals surface area (Å²) in [6.45, 7) is 0.345. The molecule has 154 valence electrons. The van der Waals surface area contributed by atoms with Crippen LogP contribution < -0.4 is 4.74 Å². The molecule has 1 aliphatic rings. The number of nitrogens with zero attached hydrogens (tertiary/aromatic N) is 5. The van der Waals surface area contributed by atoms with Crippen molar-refractivity contribution in [3.05, 3.63) is 70.0 Å². The number of hydrogen-bond donors (Lipinski definition) is 1. The van der Waals surface area contributed by atoms with Crippen LogP contribution >= 0.6 is 15.9 Å². The van der Waals surface area contributed by atoms with Crippen molar-refractivity contribution in [2.24, 2.45) is 0 Å². The number of benzene rings is 2. The van der Waals surface area contributed by atoms with Crippen LogP contribution in [0.3, 0.4) is 0 Å². The largest absolute Gasteiger partial charge is 0.491 e. The summed E-state index contributed by atoms with van der Waals surface area (Å²) >= 11 is 3.35. The molecule has 10 heteroatoms. The fourth-order valence-electron chi connectivity index (χ4n) is 3.07. The molecule has 3 aromatic rings. The Morgan fingerprint density at radius 1 is 1.03 bits per heavy atom. The van der Waals surface area contributed by atoms with Crippen molar-refractivity contribution in [3.63, 3.8) is 0 Å². The Hall–Kier alpha value is -3.11. The maximum atomic E-state index is 12.4. The van der Waals surface area contributed by atoms with E-state index in [9.17, 15) is 14.7 Å². The van der Waals surface area contributed by atoms with Crippen molar-refractivity contribution < 1.29 is 19.4 Å². The van der Waals surface area contributed by atoms with Gasteiger partial charge in [0.2, 0.25) is 0 Å². The first-order valence-electron chi connectivity index (χ1n) is 9.29. The highest BCUT2D eigenvalue weighted by molar-refractivity contribution is 9.10. The lowest BCUT2D eigenvalue weighted by Crippen LogP contribution is -2.32. The molecule has 1 aromatic heterocycles. The summed E-state index contributed by atoms with van der Waals surface area (Å²) in [5.41, 5.74) is 0.820. The van der Waals surface area contributed by atoms with Gasteiger partial charge in [0.05, 0.1) is 17.7 Å². The van der Waals surface area contributed by atoms with Crippen LogP contribution in [-0.2, 0) is 13.0 Å². The third-order valence-corrected chi connectivity index (χ3v) is 5.09. The lowest BCUT2D eigenvalue weighted by Gasteiger charge is -2.12. The number of carbonyl (C=O) groups excluding carboxylic acids is 2. The van der Waals surface area contributed by atoms with Crippen molar-refractivity contribution in [2.75, 3.05) is 13.2 Å². The van der Waals surface area contributed by atoms with E-state index < -0.39 is 6.10 Å². The number of carbonyl (C=O) groups is 2.